The summed E-state index contributed by atoms with van der Waals surface area (Å²) in [7, 11) is 0. The predicted octanol–water partition coefficient (Wildman–Crippen LogP) is 3.32. The first-order valence-corrected chi connectivity index (χ1v) is 11.0. The van der Waals surface area contributed by atoms with Crippen molar-refractivity contribution in [3.05, 3.63) is 57.6 Å². The van der Waals surface area contributed by atoms with Crippen molar-refractivity contribution < 1.29 is 9.59 Å². The van der Waals surface area contributed by atoms with Crippen LogP contribution in [-0.4, -0.2) is 60.4 Å². The molecule has 1 aliphatic rings. The normalized spacial score (nSPS) is 16.5. The van der Waals surface area contributed by atoms with E-state index >= 15 is 0 Å². The lowest BCUT2D eigenvalue weighted by atomic mass is 10.2. The van der Waals surface area contributed by atoms with E-state index in [9.17, 15) is 9.59 Å². The fraction of sp³-hybridized carbons (Fsp3) is 0.304. The zero-order chi connectivity index (χ0) is 24.0. The summed E-state index contributed by atoms with van der Waals surface area (Å²) in [6.45, 7) is 4.35. The van der Waals surface area contributed by atoms with E-state index in [2.05, 4.69) is 15.5 Å². The van der Waals surface area contributed by atoms with E-state index in [1.165, 1.54) is 0 Å². The van der Waals surface area contributed by atoms with Crippen LogP contribution in [0.15, 0.2) is 36.4 Å². The van der Waals surface area contributed by atoms with Gasteiger partial charge in [-0.2, -0.15) is 10.5 Å². The average molecular weight is 485 g/mol. The molecule has 0 aliphatic carbocycles. The van der Waals surface area contributed by atoms with Crippen LogP contribution in [0.2, 0.25) is 10.0 Å². The van der Waals surface area contributed by atoms with Crippen LogP contribution in [0.25, 0.3) is 0 Å². The number of benzene rings is 2. The van der Waals surface area contributed by atoms with Gasteiger partial charge in [0.1, 0.15) is 12.1 Å². The number of nitrogens with one attached hydrogen (secondary N) is 2. The van der Waals surface area contributed by atoms with E-state index in [1.807, 2.05) is 24.0 Å². The van der Waals surface area contributed by atoms with E-state index in [0.29, 0.717) is 52.2 Å². The highest BCUT2D eigenvalue weighted by atomic mass is 35.5. The largest absolute Gasteiger partial charge is 0.325 e. The van der Waals surface area contributed by atoms with Crippen LogP contribution in [0, 0.1) is 22.7 Å². The Morgan fingerprint density at radius 3 is 1.91 bits per heavy atom. The molecule has 2 N–H and O–H groups in total. The van der Waals surface area contributed by atoms with Gasteiger partial charge in [-0.15, -0.1) is 0 Å². The van der Waals surface area contributed by atoms with Crippen LogP contribution in [-0.2, 0) is 9.59 Å². The Kier molecular flexibility index (Phi) is 8.26. The molecular weight excluding hydrogens is 463 g/mol. The van der Waals surface area contributed by atoms with Crippen LogP contribution < -0.4 is 10.6 Å². The number of amides is 2. The SMILES string of the molecule is CC1CN(CC(=O)Nc2ccc(C#N)c(Cl)c2)CCN1CC(=O)Nc1ccc(C#N)c(Cl)c1. The zero-order valence-electron chi connectivity index (χ0n) is 17.9. The summed E-state index contributed by atoms with van der Waals surface area (Å²) >= 11 is 12.0. The van der Waals surface area contributed by atoms with Gasteiger partial charge < -0.3 is 10.6 Å². The molecule has 0 radical (unpaired) electrons. The average Bonchev–Trinajstić information content (AvgIpc) is 2.76. The van der Waals surface area contributed by atoms with Crippen molar-refractivity contribution in [3.63, 3.8) is 0 Å². The Hall–Kier alpha value is -3.14. The predicted molar refractivity (Wildman–Crippen MR) is 127 cm³/mol. The van der Waals surface area contributed by atoms with Gasteiger partial charge in [-0.05, 0) is 43.3 Å². The van der Waals surface area contributed by atoms with E-state index in [1.54, 1.807) is 36.4 Å². The van der Waals surface area contributed by atoms with Gasteiger partial charge in [0, 0.05) is 37.1 Å². The number of halogens is 2. The molecule has 170 valence electrons. The maximum atomic E-state index is 12.5. The van der Waals surface area contributed by atoms with Crippen LogP contribution in [0.5, 0.6) is 0 Å². The molecule has 0 bridgehead atoms. The van der Waals surface area contributed by atoms with Gasteiger partial charge in [0.2, 0.25) is 11.8 Å². The fourth-order valence-corrected chi connectivity index (χ4v) is 4.05. The minimum atomic E-state index is -0.175. The smallest absolute Gasteiger partial charge is 0.238 e. The number of nitrogens with zero attached hydrogens (tertiary/aromatic N) is 4. The van der Waals surface area contributed by atoms with Crippen molar-refractivity contribution in [2.75, 3.05) is 43.4 Å². The van der Waals surface area contributed by atoms with Gasteiger partial charge in [-0.3, -0.25) is 19.4 Å². The molecule has 0 spiro atoms. The Balaban J connectivity index is 1.47. The molecule has 8 nitrogen and oxygen atoms in total. The Bertz CT molecular complexity index is 1140. The summed E-state index contributed by atoms with van der Waals surface area (Å²) in [6.07, 6.45) is 0. The van der Waals surface area contributed by atoms with Crippen molar-refractivity contribution in [1.82, 2.24) is 9.80 Å². The lowest BCUT2D eigenvalue weighted by Gasteiger charge is -2.39. The third kappa shape index (κ3) is 6.67. The lowest BCUT2D eigenvalue weighted by Crippen LogP contribution is -2.54. The van der Waals surface area contributed by atoms with Gasteiger partial charge in [-0.1, -0.05) is 23.2 Å². The second-order valence-electron chi connectivity index (χ2n) is 7.76. The molecule has 10 heteroatoms. The summed E-state index contributed by atoms with van der Waals surface area (Å²) in [5.74, 6) is -0.349. The molecule has 1 heterocycles. The van der Waals surface area contributed by atoms with Gasteiger partial charge in [0.05, 0.1) is 34.3 Å². The molecule has 33 heavy (non-hydrogen) atoms. The number of nitriles is 2. The number of rotatable bonds is 6. The number of carbonyl (C=O) groups is 2. The number of anilines is 2. The molecule has 2 amide bonds. The molecular formula is C23H22Cl2N6O2. The maximum Gasteiger partial charge on any atom is 0.238 e. The molecule has 1 unspecified atom stereocenters. The van der Waals surface area contributed by atoms with E-state index in [0.717, 1.165) is 0 Å². The van der Waals surface area contributed by atoms with E-state index in [-0.39, 0.29) is 30.9 Å². The number of piperazine rings is 1. The molecule has 3 rings (SSSR count). The number of hydrogen-bond acceptors (Lipinski definition) is 6. The topological polar surface area (TPSA) is 112 Å². The van der Waals surface area contributed by atoms with Crippen molar-refractivity contribution in [1.29, 1.82) is 10.5 Å². The highest BCUT2D eigenvalue weighted by Crippen LogP contribution is 2.21. The van der Waals surface area contributed by atoms with Gasteiger partial charge in [-0.25, -0.2) is 0 Å². The van der Waals surface area contributed by atoms with E-state index < -0.39 is 0 Å². The lowest BCUT2D eigenvalue weighted by molar-refractivity contribution is -0.120. The summed E-state index contributed by atoms with van der Waals surface area (Å²) in [6, 6.07) is 13.6. The van der Waals surface area contributed by atoms with Crippen molar-refractivity contribution in [2.24, 2.45) is 0 Å². The molecule has 1 saturated heterocycles. The van der Waals surface area contributed by atoms with Crippen molar-refractivity contribution >= 4 is 46.4 Å². The monoisotopic (exact) mass is 484 g/mol. The first-order chi connectivity index (χ1) is 15.8. The van der Waals surface area contributed by atoms with Crippen LogP contribution in [0.4, 0.5) is 11.4 Å². The molecule has 1 atom stereocenters. The molecule has 1 aliphatic heterocycles. The minimum absolute atomic E-state index is 0.0752. The Morgan fingerprint density at radius 1 is 0.939 bits per heavy atom. The fourth-order valence-electron chi connectivity index (χ4n) is 3.60. The van der Waals surface area contributed by atoms with Crippen LogP contribution in [0.1, 0.15) is 18.1 Å². The van der Waals surface area contributed by atoms with Gasteiger partial charge in [0.15, 0.2) is 0 Å². The standard InChI is InChI=1S/C23H22Cl2N6O2/c1-15-12-30(13-22(32)28-18-4-2-16(10-26)20(24)8-18)6-7-31(15)14-23(33)29-19-5-3-17(11-27)21(25)9-19/h2-5,8-9,15H,6-7,12-14H2,1H3,(H,28,32)(H,29,33). The number of carbonyl (C=O) groups excluding carboxylic acids is 2. The second kappa shape index (κ2) is 11.1. The molecule has 2 aromatic rings. The number of hydrogen-bond donors (Lipinski definition) is 2. The summed E-state index contributed by atoms with van der Waals surface area (Å²) in [4.78, 5) is 29.0. The van der Waals surface area contributed by atoms with Gasteiger partial charge in [0.25, 0.3) is 0 Å². The summed E-state index contributed by atoms with van der Waals surface area (Å²) in [5, 5.41) is 24.1. The molecule has 0 aromatic heterocycles. The summed E-state index contributed by atoms with van der Waals surface area (Å²) in [5.41, 5.74) is 1.78. The maximum absolute atomic E-state index is 12.5. The Morgan fingerprint density at radius 2 is 1.45 bits per heavy atom. The first kappa shape index (κ1) is 24.5. The zero-order valence-corrected chi connectivity index (χ0v) is 19.5. The third-order valence-electron chi connectivity index (χ3n) is 5.31. The quantitative estimate of drug-likeness (QED) is 0.650. The third-order valence-corrected chi connectivity index (χ3v) is 5.94. The molecule has 0 saturated carbocycles. The van der Waals surface area contributed by atoms with Crippen molar-refractivity contribution in [3.8, 4) is 12.1 Å². The highest BCUT2D eigenvalue weighted by molar-refractivity contribution is 6.32. The summed E-state index contributed by atoms with van der Waals surface area (Å²) < 4.78 is 0. The second-order valence-corrected chi connectivity index (χ2v) is 8.58. The van der Waals surface area contributed by atoms with Gasteiger partial charge >= 0.3 is 0 Å². The first-order valence-electron chi connectivity index (χ1n) is 10.2. The van der Waals surface area contributed by atoms with Crippen molar-refractivity contribution in [2.45, 2.75) is 13.0 Å². The van der Waals surface area contributed by atoms with Crippen LogP contribution >= 0.6 is 23.2 Å². The Labute approximate surface area is 202 Å². The van der Waals surface area contributed by atoms with Crippen LogP contribution in [0.3, 0.4) is 0 Å². The molecule has 2 aromatic carbocycles. The highest BCUT2D eigenvalue weighted by Gasteiger charge is 2.26. The molecule has 1 fully saturated rings. The van der Waals surface area contributed by atoms with E-state index in [4.69, 9.17) is 33.7 Å². The minimum Gasteiger partial charge on any atom is -0.325 e.